The zero-order chi connectivity index (χ0) is 22.4. The van der Waals surface area contributed by atoms with E-state index in [-0.39, 0.29) is 23.5 Å². The standard InChI is InChI=1S/C27H34N2O3/c1-21-9-11-22(12-10-21)18-27(15-13-25(30)28-27)16-14-26(31)29-17-5-8-24(19-29)32-20-23-6-3-2-4-7-23/h2-4,6-7,9-12,24H,5,8,13-20H2,1H3,(H,28,30). The first-order valence-electron chi connectivity index (χ1n) is 11.8. The second kappa shape index (κ2) is 10.3. The molecule has 32 heavy (non-hydrogen) atoms. The number of nitrogens with zero attached hydrogens (tertiary/aromatic N) is 1. The van der Waals surface area contributed by atoms with Gasteiger partial charge in [-0.2, -0.15) is 0 Å². The molecule has 2 unspecified atom stereocenters. The van der Waals surface area contributed by atoms with Gasteiger partial charge in [0, 0.05) is 31.5 Å². The number of rotatable bonds is 8. The van der Waals surface area contributed by atoms with Crippen molar-refractivity contribution in [2.45, 2.75) is 70.1 Å². The van der Waals surface area contributed by atoms with E-state index in [1.807, 2.05) is 23.1 Å². The van der Waals surface area contributed by atoms with Crippen molar-refractivity contribution >= 4 is 11.8 Å². The average Bonchev–Trinajstić information content (AvgIpc) is 3.19. The normalized spacial score (nSPS) is 23.2. The van der Waals surface area contributed by atoms with Gasteiger partial charge in [0.25, 0.3) is 0 Å². The number of hydrogen-bond donors (Lipinski definition) is 1. The van der Waals surface area contributed by atoms with E-state index in [0.717, 1.165) is 37.8 Å². The van der Waals surface area contributed by atoms with Gasteiger partial charge in [0.1, 0.15) is 0 Å². The van der Waals surface area contributed by atoms with Crippen LogP contribution in [0, 0.1) is 6.92 Å². The Morgan fingerprint density at radius 2 is 1.91 bits per heavy atom. The molecule has 0 radical (unpaired) electrons. The van der Waals surface area contributed by atoms with E-state index in [0.29, 0.717) is 32.4 Å². The minimum atomic E-state index is -0.318. The topological polar surface area (TPSA) is 58.6 Å². The van der Waals surface area contributed by atoms with Crippen molar-refractivity contribution in [3.8, 4) is 0 Å². The third-order valence-electron chi connectivity index (χ3n) is 6.78. The minimum Gasteiger partial charge on any atom is -0.372 e. The Morgan fingerprint density at radius 3 is 2.62 bits per heavy atom. The van der Waals surface area contributed by atoms with Gasteiger partial charge in [-0.25, -0.2) is 0 Å². The van der Waals surface area contributed by atoms with Crippen LogP contribution in [-0.4, -0.2) is 41.4 Å². The number of likely N-dealkylation sites (tertiary alicyclic amines) is 1. The average molecular weight is 435 g/mol. The van der Waals surface area contributed by atoms with Crippen LogP contribution >= 0.6 is 0 Å². The van der Waals surface area contributed by atoms with E-state index < -0.39 is 0 Å². The summed E-state index contributed by atoms with van der Waals surface area (Å²) < 4.78 is 6.10. The number of benzene rings is 2. The third-order valence-corrected chi connectivity index (χ3v) is 6.78. The van der Waals surface area contributed by atoms with Crippen LogP contribution in [0.5, 0.6) is 0 Å². The fourth-order valence-electron chi connectivity index (χ4n) is 4.87. The summed E-state index contributed by atoms with van der Waals surface area (Å²) in [5, 5.41) is 3.20. The Kier molecular flexibility index (Phi) is 7.26. The second-order valence-electron chi connectivity index (χ2n) is 9.39. The van der Waals surface area contributed by atoms with E-state index in [1.54, 1.807) is 0 Å². The first-order valence-corrected chi connectivity index (χ1v) is 11.8. The number of amides is 2. The van der Waals surface area contributed by atoms with Crippen molar-refractivity contribution in [1.82, 2.24) is 10.2 Å². The summed E-state index contributed by atoms with van der Waals surface area (Å²) in [4.78, 5) is 27.1. The highest BCUT2D eigenvalue weighted by atomic mass is 16.5. The fourth-order valence-corrected chi connectivity index (χ4v) is 4.87. The van der Waals surface area contributed by atoms with Gasteiger partial charge in [-0.3, -0.25) is 9.59 Å². The molecule has 1 N–H and O–H groups in total. The van der Waals surface area contributed by atoms with Crippen LogP contribution in [0.25, 0.3) is 0 Å². The van der Waals surface area contributed by atoms with Crippen LogP contribution in [0.1, 0.15) is 55.2 Å². The molecule has 5 heteroatoms. The number of aryl methyl sites for hydroxylation is 1. The highest BCUT2D eigenvalue weighted by Crippen LogP contribution is 2.30. The number of hydrogen-bond acceptors (Lipinski definition) is 3. The third kappa shape index (κ3) is 5.98. The Hall–Kier alpha value is -2.66. The number of carbonyl (C=O) groups is 2. The van der Waals surface area contributed by atoms with Crippen molar-refractivity contribution in [2.75, 3.05) is 13.1 Å². The summed E-state index contributed by atoms with van der Waals surface area (Å²) in [5.41, 5.74) is 3.27. The molecule has 0 saturated carbocycles. The highest BCUT2D eigenvalue weighted by Gasteiger charge is 2.38. The molecule has 5 nitrogen and oxygen atoms in total. The molecular formula is C27H34N2O3. The Labute approximate surface area is 191 Å². The zero-order valence-electron chi connectivity index (χ0n) is 19.0. The molecule has 2 aromatic carbocycles. The van der Waals surface area contributed by atoms with Crippen LogP contribution in [0.3, 0.4) is 0 Å². The quantitative estimate of drug-likeness (QED) is 0.678. The molecule has 2 aliphatic rings. The molecule has 2 atom stereocenters. The zero-order valence-corrected chi connectivity index (χ0v) is 19.0. The van der Waals surface area contributed by atoms with Gasteiger partial charge in [0.15, 0.2) is 0 Å². The molecule has 2 aromatic rings. The van der Waals surface area contributed by atoms with E-state index in [4.69, 9.17) is 4.74 Å². The predicted molar refractivity (Wildman–Crippen MR) is 125 cm³/mol. The smallest absolute Gasteiger partial charge is 0.222 e. The molecule has 170 valence electrons. The first-order chi connectivity index (χ1) is 15.5. The molecule has 0 aromatic heterocycles. The number of carbonyl (C=O) groups excluding carboxylic acids is 2. The van der Waals surface area contributed by atoms with Gasteiger partial charge in [-0.1, -0.05) is 60.2 Å². The lowest BCUT2D eigenvalue weighted by atomic mass is 9.84. The van der Waals surface area contributed by atoms with Gasteiger partial charge < -0.3 is 15.0 Å². The van der Waals surface area contributed by atoms with Crippen molar-refractivity contribution < 1.29 is 14.3 Å². The number of ether oxygens (including phenoxy) is 1. The molecule has 0 bridgehead atoms. The van der Waals surface area contributed by atoms with Gasteiger partial charge in [-0.05, 0) is 50.2 Å². The molecule has 2 saturated heterocycles. The summed E-state index contributed by atoms with van der Waals surface area (Å²) in [5.74, 6) is 0.263. The van der Waals surface area contributed by atoms with Crippen LogP contribution < -0.4 is 5.32 Å². The molecular weight excluding hydrogens is 400 g/mol. The van der Waals surface area contributed by atoms with E-state index in [9.17, 15) is 9.59 Å². The summed E-state index contributed by atoms with van der Waals surface area (Å²) in [6.45, 7) is 4.11. The highest BCUT2D eigenvalue weighted by molar-refractivity contribution is 5.80. The lowest BCUT2D eigenvalue weighted by Gasteiger charge is -2.34. The van der Waals surface area contributed by atoms with Crippen molar-refractivity contribution in [1.29, 1.82) is 0 Å². The fraction of sp³-hybridized carbons (Fsp3) is 0.481. The van der Waals surface area contributed by atoms with Crippen LogP contribution in [-0.2, 0) is 27.4 Å². The van der Waals surface area contributed by atoms with Gasteiger partial charge in [0.05, 0.1) is 12.7 Å². The van der Waals surface area contributed by atoms with Crippen LogP contribution in [0.2, 0.25) is 0 Å². The summed E-state index contributed by atoms with van der Waals surface area (Å²) in [7, 11) is 0. The van der Waals surface area contributed by atoms with Crippen molar-refractivity contribution in [2.24, 2.45) is 0 Å². The largest absolute Gasteiger partial charge is 0.372 e. The predicted octanol–water partition coefficient (Wildman–Crippen LogP) is 4.17. The molecule has 0 spiro atoms. The van der Waals surface area contributed by atoms with Crippen LogP contribution in [0.4, 0.5) is 0 Å². The maximum atomic E-state index is 13.1. The Balaban J connectivity index is 1.31. The van der Waals surface area contributed by atoms with E-state index in [1.165, 1.54) is 11.1 Å². The molecule has 2 amide bonds. The molecule has 2 heterocycles. The lowest BCUT2D eigenvalue weighted by Crippen LogP contribution is -2.46. The summed E-state index contributed by atoms with van der Waals surface area (Å²) in [6.07, 6.45) is 5.28. The number of nitrogens with one attached hydrogen (secondary N) is 1. The first kappa shape index (κ1) is 22.5. The van der Waals surface area contributed by atoms with Crippen molar-refractivity contribution in [3.05, 3.63) is 71.3 Å². The lowest BCUT2D eigenvalue weighted by molar-refractivity contribution is -0.136. The Morgan fingerprint density at radius 1 is 1.12 bits per heavy atom. The Bertz CT molecular complexity index is 912. The van der Waals surface area contributed by atoms with Gasteiger partial charge >= 0.3 is 0 Å². The summed E-state index contributed by atoms with van der Waals surface area (Å²) >= 11 is 0. The van der Waals surface area contributed by atoms with Crippen molar-refractivity contribution in [3.63, 3.8) is 0 Å². The van der Waals surface area contributed by atoms with E-state index in [2.05, 4.69) is 48.6 Å². The number of piperidine rings is 1. The summed E-state index contributed by atoms with van der Waals surface area (Å²) in [6, 6.07) is 18.6. The SMILES string of the molecule is Cc1ccc(CC2(CCC(=O)N3CCCC(OCc4ccccc4)C3)CCC(=O)N2)cc1. The minimum absolute atomic E-state index is 0.0839. The molecule has 2 fully saturated rings. The molecule has 0 aliphatic carbocycles. The van der Waals surface area contributed by atoms with Gasteiger partial charge in [0.2, 0.25) is 11.8 Å². The maximum Gasteiger partial charge on any atom is 0.222 e. The monoisotopic (exact) mass is 434 g/mol. The second-order valence-corrected chi connectivity index (χ2v) is 9.39. The van der Waals surface area contributed by atoms with Gasteiger partial charge in [-0.15, -0.1) is 0 Å². The molecule has 2 aliphatic heterocycles. The van der Waals surface area contributed by atoms with E-state index >= 15 is 0 Å². The molecule has 4 rings (SSSR count). The maximum absolute atomic E-state index is 13.1. The van der Waals surface area contributed by atoms with Crippen LogP contribution in [0.15, 0.2) is 54.6 Å².